The number of nitrogens with zero attached hydrogens (tertiary/aromatic N) is 6. The Kier molecular flexibility index (Phi) is 6.69. The molecule has 204 valence electrons. The van der Waals surface area contributed by atoms with Gasteiger partial charge >= 0.3 is 6.03 Å². The van der Waals surface area contributed by atoms with Crippen LogP contribution in [0.4, 0.5) is 4.79 Å². The average Bonchev–Trinajstić information content (AvgIpc) is 3.52. The lowest BCUT2D eigenvalue weighted by Gasteiger charge is -2.45. The van der Waals surface area contributed by atoms with Crippen molar-refractivity contribution < 1.29 is 14.4 Å². The van der Waals surface area contributed by atoms with Crippen LogP contribution in [0.2, 0.25) is 0 Å². The number of benzene rings is 3. The molecule has 3 heterocycles. The smallest absolute Gasteiger partial charge is 0.332 e. The summed E-state index contributed by atoms with van der Waals surface area (Å²) in [7, 11) is 3.60. The van der Waals surface area contributed by atoms with Crippen LogP contribution in [0.1, 0.15) is 22.7 Å². The Hall–Kier alpha value is -4.70. The van der Waals surface area contributed by atoms with Gasteiger partial charge in [-0.1, -0.05) is 72.8 Å². The number of hydrazine groups is 1. The zero-order valence-electron chi connectivity index (χ0n) is 22.5. The van der Waals surface area contributed by atoms with Crippen molar-refractivity contribution in [2.45, 2.75) is 25.3 Å². The second-order valence-corrected chi connectivity index (χ2v) is 10.2. The van der Waals surface area contributed by atoms with Crippen molar-refractivity contribution in [1.29, 1.82) is 0 Å². The van der Waals surface area contributed by atoms with Crippen molar-refractivity contribution in [3.8, 4) is 0 Å². The molecule has 40 heavy (non-hydrogen) atoms. The zero-order valence-corrected chi connectivity index (χ0v) is 22.5. The van der Waals surface area contributed by atoms with Gasteiger partial charge in [-0.15, -0.1) is 0 Å². The maximum atomic E-state index is 14.0. The number of imidazole rings is 1. The maximum absolute atomic E-state index is 14.0. The predicted octanol–water partition coefficient (Wildman–Crippen LogP) is 2.88. The Morgan fingerprint density at radius 2 is 1.73 bits per heavy atom. The molecule has 0 spiro atoms. The lowest BCUT2D eigenvalue weighted by Crippen LogP contribution is -2.62. The lowest BCUT2D eigenvalue weighted by atomic mass is 10.00. The molecule has 0 bridgehead atoms. The number of nitrogens with one attached hydrogen (secondary N) is 1. The van der Waals surface area contributed by atoms with Crippen molar-refractivity contribution in [3.05, 3.63) is 102 Å². The van der Waals surface area contributed by atoms with E-state index in [0.29, 0.717) is 13.1 Å². The molecule has 0 unspecified atom stereocenters. The van der Waals surface area contributed by atoms with Crippen molar-refractivity contribution in [1.82, 2.24) is 34.7 Å². The van der Waals surface area contributed by atoms with Crippen molar-refractivity contribution in [3.63, 3.8) is 0 Å². The van der Waals surface area contributed by atoms with E-state index in [0.717, 1.165) is 27.7 Å². The molecule has 6 rings (SSSR count). The van der Waals surface area contributed by atoms with Gasteiger partial charge in [0.2, 0.25) is 5.91 Å². The van der Waals surface area contributed by atoms with Crippen LogP contribution in [0.15, 0.2) is 85.2 Å². The summed E-state index contributed by atoms with van der Waals surface area (Å²) in [5.74, 6) is -0.344. The van der Waals surface area contributed by atoms with Gasteiger partial charge in [0.25, 0.3) is 5.91 Å². The van der Waals surface area contributed by atoms with E-state index in [1.807, 2.05) is 90.5 Å². The summed E-state index contributed by atoms with van der Waals surface area (Å²) in [6.45, 7) is 0.964. The molecule has 0 radical (unpaired) electrons. The number of amides is 4. The minimum Gasteiger partial charge on any atom is -0.334 e. The van der Waals surface area contributed by atoms with Gasteiger partial charge in [-0.2, -0.15) is 5.01 Å². The summed E-state index contributed by atoms with van der Waals surface area (Å²) in [6.07, 6.45) is 1.26. The molecule has 1 N–H and O–H groups in total. The fraction of sp³-hybridized carbons (Fsp3) is 0.267. The van der Waals surface area contributed by atoms with Gasteiger partial charge in [-0.25, -0.2) is 9.78 Å². The van der Waals surface area contributed by atoms with Gasteiger partial charge in [0.05, 0.1) is 30.5 Å². The molecule has 0 saturated carbocycles. The first-order valence-electron chi connectivity index (χ1n) is 13.3. The number of aromatic nitrogens is 2. The number of aryl methyl sites for hydroxylation is 1. The van der Waals surface area contributed by atoms with Crippen LogP contribution in [-0.2, 0) is 29.7 Å². The highest BCUT2D eigenvalue weighted by Crippen LogP contribution is 2.36. The van der Waals surface area contributed by atoms with E-state index in [-0.39, 0.29) is 30.9 Å². The number of fused-ring (bicyclic) bond motifs is 2. The summed E-state index contributed by atoms with van der Waals surface area (Å²) in [6, 6.07) is 23.8. The minimum atomic E-state index is -0.791. The second-order valence-electron chi connectivity index (χ2n) is 10.2. The Balaban J connectivity index is 1.30. The van der Waals surface area contributed by atoms with Crippen LogP contribution in [0.3, 0.4) is 0 Å². The van der Waals surface area contributed by atoms with Crippen LogP contribution in [0.5, 0.6) is 0 Å². The van der Waals surface area contributed by atoms with E-state index in [9.17, 15) is 14.4 Å². The molecule has 1 aromatic heterocycles. The molecule has 10 nitrogen and oxygen atoms in total. The predicted molar refractivity (Wildman–Crippen MR) is 149 cm³/mol. The molecule has 0 aliphatic carbocycles. The van der Waals surface area contributed by atoms with E-state index in [1.54, 1.807) is 28.2 Å². The molecule has 2 fully saturated rings. The topological polar surface area (TPSA) is 94.0 Å². The first-order valence-corrected chi connectivity index (χ1v) is 13.3. The molecule has 10 heteroatoms. The zero-order chi connectivity index (χ0) is 27.8. The standard InChI is InChI=1S/C30H31N7O3/c1-33-20-32-27-23(14-9-15-24(27)33)17-35-18-25-36(34(2)30(40)31-16-21-10-5-3-6-11-21)19-26(38)37(25)28(29(35)39)22-12-7-4-8-13-22/h3-15,20,25,28H,16-19H2,1-2H3,(H,31,40)/t25-,28+/m1/s1. The van der Waals surface area contributed by atoms with Crippen LogP contribution >= 0.6 is 0 Å². The van der Waals surface area contributed by atoms with Crippen LogP contribution in [0.25, 0.3) is 11.0 Å². The van der Waals surface area contributed by atoms with Crippen molar-refractivity contribution >= 4 is 28.9 Å². The largest absolute Gasteiger partial charge is 0.334 e. The number of piperazine rings is 1. The summed E-state index contributed by atoms with van der Waals surface area (Å²) in [5, 5.41) is 6.14. The quantitative estimate of drug-likeness (QED) is 0.408. The first-order chi connectivity index (χ1) is 19.4. The summed E-state index contributed by atoms with van der Waals surface area (Å²) >= 11 is 0. The molecule has 2 aliphatic rings. The molecule has 2 saturated heterocycles. The number of hydrogen-bond donors (Lipinski definition) is 1. The number of carbonyl (C=O) groups excluding carboxylic acids is 3. The third-order valence-corrected chi connectivity index (χ3v) is 7.74. The Morgan fingerprint density at radius 1 is 1.00 bits per heavy atom. The highest BCUT2D eigenvalue weighted by atomic mass is 16.2. The van der Waals surface area contributed by atoms with Gasteiger partial charge in [0, 0.05) is 27.2 Å². The van der Waals surface area contributed by atoms with Crippen molar-refractivity contribution in [2.24, 2.45) is 7.05 Å². The fourth-order valence-electron chi connectivity index (χ4n) is 5.66. The number of urea groups is 1. The van der Waals surface area contributed by atoms with E-state index < -0.39 is 12.2 Å². The number of rotatable bonds is 6. The van der Waals surface area contributed by atoms with Crippen LogP contribution in [0, 0.1) is 0 Å². The van der Waals surface area contributed by atoms with Gasteiger partial charge in [-0.05, 0) is 22.8 Å². The highest BCUT2D eigenvalue weighted by Gasteiger charge is 2.52. The minimum absolute atomic E-state index is 0.000199. The Morgan fingerprint density at radius 3 is 2.48 bits per heavy atom. The van der Waals surface area contributed by atoms with Crippen LogP contribution < -0.4 is 5.32 Å². The molecular formula is C30H31N7O3. The Bertz CT molecular complexity index is 1560. The molecule has 4 amide bonds. The summed E-state index contributed by atoms with van der Waals surface area (Å²) in [4.78, 5) is 48.6. The van der Waals surface area contributed by atoms with E-state index in [2.05, 4.69) is 10.3 Å². The van der Waals surface area contributed by atoms with Crippen molar-refractivity contribution in [2.75, 3.05) is 20.1 Å². The molecule has 4 aromatic rings. The summed E-state index contributed by atoms with van der Waals surface area (Å²) in [5.41, 5.74) is 4.47. The monoisotopic (exact) mass is 537 g/mol. The van der Waals surface area contributed by atoms with E-state index >= 15 is 0 Å². The normalized spacial score (nSPS) is 19.2. The highest BCUT2D eigenvalue weighted by molar-refractivity contribution is 5.92. The lowest BCUT2D eigenvalue weighted by molar-refractivity contribution is -0.157. The van der Waals surface area contributed by atoms with Crippen LogP contribution in [-0.4, -0.2) is 73.5 Å². The van der Waals surface area contributed by atoms with E-state index in [1.165, 1.54) is 5.01 Å². The molecule has 2 atom stereocenters. The average molecular weight is 538 g/mol. The van der Waals surface area contributed by atoms with Gasteiger partial charge in [0.15, 0.2) is 0 Å². The molecule has 3 aromatic carbocycles. The SMILES string of the molecule is CN(C(=O)NCc1ccccc1)N1CC(=O)N2[C@@H](c3ccccc3)C(=O)N(Cc3cccc4c3ncn4C)C[C@@H]21. The van der Waals surface area contributed by atoms with Gasteiger partial charge < -0.3 is 19.7 Å². The molecular weight excluding hydrogens is 506 g/mol. The number of para-hydroxylation sites is 1. The third kappa shape index (κ3) is 4.56. The second kappa shape index (κ2) is 10.5. The fourth-order valence-corrected chi connectivity index (χ4v) is 5.66. The number of hydrogen-bond acceptors (Lipinski definition) is 5. The number of carbonyl (C=O) groups is 3. The summed E-state index contributed by atoms with van der Waals surface area (Å²) < 4.78 is 1.95. The first kappa shape index (κ1) is 25.6. The maximum Gasteiger partial charge on any atom is 0.332 e. The van der Waals surface area contributed by atoms with Gasteiger partial charge in [-0.3, -0.25) is 14.6 Å². The van der Waals surface area contributed by atoms with Gasteiger partial charge in [0.1, 0.15) is 12.2 Å². The third-order valence-electron chi connectivity index (χ3n) is 7.74. The van der Waals surface area contributed by atoms with E-state index in [4.69, 9.17) is 0 Å². The molecule has 2 aliphatic heterocycles. The Labute approximate surface area is 232 Å².